The molecule has 1 rings (SSSR count). The topological polar surface area (TPSA) is 77.5 Å². The zero-order chi connectivity index (χ0) is 16.9. The molecular formula is C14H18BrFN2O4. The molecule has 0 unspecified atom stereocenters. The van der Waals surface area contributed by atoms with Crippen molar-refractivity contribution in [2.24, 2.45) is 0 Å². The van der Waals surface area contributed by atoms with E-state index in [1.54, 1.807) is 20.8 Å². The summed E-state index contributed by atoms with van der Waals surface area (Å²) in [6.45, 7) is 5.07. The molecule has 0 saturated carbocycles. The summed E-state index contributed by atoms with van der Waals surface area (Å²) in [5.41, 5.74) is -0.680. The van der Waals surface area contributed by atoms with Gasteiger partial charge in [-0.05, 0) is 42.8 Å². The Morgan fingerprint density at radius 2 is 2.09 bits per heavy atom. The summed E-state index contributed by atoms with van der Waals surface area (Å²) in [5.74, 6) is -1.30. The minimum Gasteiger partial charge on any atom is -0.467 e. The van der Waals surface area contributed by atoms with Crippen LogP contribution in [-0.2, 0) is 20.7 Å². The molecule has 0 aliphatic rings. The summed E-state index contributed by atoms with van der Waals surface area (Å²) in [4.78, 5) is 27.4. The van der Waals surface area contributed by atoms with Crippen molar-refractivity contribution in [2.45, 2.75) is 38.8 Å². The molecule has 8 heteroatoms. The molecular weight excluding hydrogens is 359 g/mol. The van der Waals surface area contributed by atoms with Crippen LogP contribution in [0.1, 0.15) is 26.5 Å². The normalized spacial score (nSPS) is 12.5. The van der Waals surface area contributed by atoms with Crippen LogP contribution in [0.5, 0.6) is 0 Å². The molecule has 122 valence electrons. The van der Waals surface area contributed by atoms with E-state index in [4.69, 9.17) is 4.74 Å². The maximum Gasteiger partial charge on any atom is 0.408 e. The highest BCUT2D eigenvalue weighted by molar-refractivity contribution is 9.10. The van der Waals surface area contributed by atoms with Crippen LogP contribution in [0.25, 0.3) is 0 Å². The second-order valence-electron chi connectivity index (χ2n) is 5.51. The van der Waals surface area contributed by atoms with Crippen LogP contribution in [0.15, 0.2) is 16.7 Å². The van der Waals surface area contributed by atoms with Crippen molar-refractivity contribution in [3.8, 4) is 0 Å². The van der Waals surface area contributed by atoms with E-state index in [1.165, 1.54) is 19.4 Å². The van der Waals surface area contributed by atoms with Gasteiger partial charge in [0.05, 0.1) is 12.8 Å². The number of alkyl carbamates (subject to hydrolysis) is 1. The first kappa shape index (κ1) is 18.3. The third kappa shape index (κ3) is 5.97. The number of esters is 1. The van der Waals surface area contributed by atoms with Gasteiger partial charge in [-0.2, -0.15) is 0 Å². The lowest BCUT2D eigenvalue weighted by Crippen LogP contribution is -2.45. The maximum atomic E-state index is 13.8. The molecule has 0 spiro atoms. The molecule has 1 aromatic rings. The molecule has 0 aromatic carbocycles. The first-order chi connectivity index (χ1) is 10.1. The molecule has 0 saturated heterocycles. The molecule has 6 nitrogen and oxygen atoms in total. The minimum absolute atomic E-state index is 0.0367. The van der Waals surface area contributed by atoms with Gasteiger partial charge in [0.25, 0.3) is 0 Å². The van der Waals surface area contributed by atoms with E-state index in [1.807, 2.05) is 0 Å². The summed E-state index contributed by atoms with van der Waals surface area (Å²) in [6.07, 6.45) is 0.464. The van der Waals surface area contributed by atoms with Gasteiger partial charge in [-0.15, -0.1) is 0 Å². The highest BCUT2D eigenvalue weighted by Crippen LogP contribution is 2.14. The minimum atomic E-state index is -1.09. The summed E-state index contributed by atoms with van der Waals surface area (Å²) < 4.78 is 24.0. The van der Waals surface area contributed by atoms with Crippen molar-refractivity contribution in [2.75, 3.05) is 7.11 Å². The monoisotopic (exact) mass is 376 g/mol. The van der Waals surface area contributed by atoms with E-state index in [-0.39, 0.29) is 12.1 Å². The van der Waals surface area contributed by atoms with E-state index in [0.717, 1.165) is 0 Å². The van der Waals surface area contributed by atoms with Crippen molar-refractivity contribution >= 4 is 28.0 Å². The second-order valence-corrected chi connectivity index (χ2v) is 6.42. The Bertz CT molecular complexity index is 560. The van der Waals surface area contributed by atoms with Gasteiger partial charge < -0.3 is 14.8 Å². The predicted octanol–water partition coefficient (Wildman–Crippen LogP) is 2.59. The molecule has 1 atom stereocenters. The number of aromatic nitrogens is 1. The highest BCUT2D eigenvalue weighted by Gasteiger charge is 2.26. The largest absolute Gasteiger partial charge is 0.467 e. The van der Waals surface area contributed by atoms with Gasteiger partial charge in [0.15, 0.2) is 0 Å². The smallest absolute Gasteiger partial charge is 0.408 e. The fraction of sp³-hybridized carbons (Fsp3) is 0.500. The fourth-order valence-electron chi connectivity index (χ4n) is 1.57. The number of hydrogen-bond acceptors (Lipinski definition) is 5. The molecule has 1 amide bonds. The van der Waals surface area contributed by atoms with Gasteiger partial charge >= 0.3 is 12.1 Å². The molecule has 0 radical (unpaired) electrons. The number of ether oxygens (including phenoxy) is 2. The van der Waals surface area contributed by atoms with Crippen LogP contribution in [0.2, 0.25) is 0 Å². The average molecular weight is 377 g/mol. The first-order valence-corrected chi connectivity index (χ1v) is 7.29. The number of carbonyl (C=O) groups is 2. The standard InChI is InChI=1S/C14H18BrFN2O4/c1-14(2,3)22-13(20)18-11(12(19)21-4)6-10-9(16)5-8(15)7-17-10/h5,7,11H,6H2,1-4H3,(H,18,20)/t11-/m0/s1. The fourth-order valence-corrected chi connectivity index (χ4v) is 1.88. The van der Waals surface area contributed by atoms with Crippen LogP contribution in [0.3, 0.4) is 0 Å². The predicted molar refractivity (Wildman–Crippen MR) is 80.8 cm³/mol. The number of halogens is 2. The Balaban J connectivity index is 2.85. The van der Waals surface area contributed by atoms with Crippen molar-refractivity contribution in [1.82, 2.24) is 10.3 Å². The quantitative estimate of drug-likeness (QED) is 0.817. The van der Waals surface area contributed by atoms with E-state index >= 15 is 0 Å². The first-order valence-electron chi connectivity index (χ1n) is 6.49. The number of nitrogens with zero attached hydrogens (tertiary/aromatic N) is 1. The van der Waals surface area contributed by atoms with Crippen LogP contribution >= 0.6 is 15.9 Å². The highest BCUT2D eigenvalue weighted by atomic mass is 79.9. The number of nitrogens with one attached hydrogen (secondary N) is 1. The number of pyridine rings is 1. The molecule has 1 N–H and O–H groups in total. The second kappa shape index (κ2) is 7.53. The van der Waals surface area contributed by atoms with Gasteiger partial charge in [0.2, 0.25) is 0 Å². The Morgan fingerprint density at radius 3 is 2.59 bits per heavy atom. The van der Waals surface area contributed by atoms with Crippen molar-refractivity contribution in [1.29, 1.82) is 0 Å². The van der Waals surface area contributed by atoms with E-state index in [2.05, 4.69) is 31.0 Å². The third-order valence-electron chi connectivity index (χ3n) is 2.46. The summed E-state index contributed by atoms with van der Waals surface area (Å²) >= 11 is 3.09. The number of carbonyl (C=O) groups excluding carboxylic acids is 2. The third-order valence-corrected chi connectivity index (χ3v) is 2.89. The number of amides is 1. The van der Waals surface area contributed by atoms with Gasteiger partial charge in [-0.25, -0.2) is 14.0 Å². The maximum absolute atomic E-state index is 13.8. The van der Waals surface area contributed by atoms with Crippen molar-refractivity contribution in [3.05, 3.63) is 28.2 Å². The number of rotatable bonds is 4. The Morgan fingerprint density at radius 1 is 1.45 bits per heavy atom. The Kier molecular flexibility index (Phi) is 6.28. The summed E-state index contributed by atoms with van der Waals surface area (Å²) in [6, 6.07) is 0.132. The Hall–Kier alpha value is -1.70. The molecule has 0 aliphatic carbocycles. The van der Waals surface area contributed by atoms with Gasteiger partial charge in [-0.3, -0.25) is 4.98 Å². The van der Waals surface area contributed by atoms with Gasteiger partial charge in [0, 0.05) is 17.1 Å². The zero-order valence-corrected chi connectivity index (χ0v) is 14.4. The molecule has 1 aromatic heterocycles. The lowest BCUT2D eigenvalue weighted by molar-refractivity contribution is -0.143. The summed E-state index contributed by atoms with van der Waals surface area (Å²) in [7, 11) is 1.18. The SMILES string of the molecule is COC(=O)[C@H](Cc1ncc(Br)cc1F)NC(=O)OC(C)(C)C. The van der Waals surface area contributed by atoms with E-state index < -0.39 is 29.5 Å². The van der Waals surface area contributed by atoms with Crippen LogP contribution in [-0.4, -0.2) is 35.8 Å². The van der Waals surface area contributed by atoms with Gasteiger partial charge in [0.1, 0.15) is 17.5 Å². The number of methoxy groups -OCH3 is 1. The van der Waals surface area contributed by atoms with Crippen LogP contribution in [0, 0.1) is 5.82 Å². The molecule has 22 heavy (non-hydrogen) atoms. The molecule has 1 heterocycles. The van der Waals surface area contributed by atoms with Crippen molar-refractivity contribution in [3.63, 3.8) is 0 Å². The van der Waals surface area contributed by atoms with Gasteiger partial charge in [-0.1, -0.05) is 0 Å². The number of hydrogen-bond donors (Lipinski definition) is 1. The van der Waals surface area contributed by atoms with Crippen LogP contribution in [0.4, 0.5) is 9.18 Å². The molecule has 0 aliphatic heterocycles. The lowest BCUT2D eigenvalue weighted by Gasteiger charge is -2.22. The van der Waals surface area contributed by atoms with Crippen LogP contribution < -0.4 is 5.32 Å². The molecule has 0 fully saturated rings. The Labute approximate surface area is 136 Å². The van der Waals surface area contributed by atoms with E-state index in [0.29, 0.717) is 4.47 Å². The van der Waals surface area contributed by atoms with Crippen molar-refractivity contribution < 1.29 is 23.5 Å². The molecule has 0 bridgehead atoms. The van der Waals surface area contributed by atoms with E-state index in [9.17, 15) is 14.0 Å². The lowest BCUT2D eigenvalue weighted by atomic mass is 10.1. The average Bonchev–Trinajstić information content (AvgIpc) is 2.37. The zero-order valence-electron chi connectivity index (χ0n) is 12.8. The summed E-state index contributed by atoms with van der Waals surface area (Å²) in [5, 5.41) is 2.36.